The van der Waals surface area contributed by atoms with Crippen LogP contribution < -0.4 is 11.1 Å². The van der Waals surface area contributed by atoms with Crippen molar-refractivity contribution in [3.63, 3.8) is 0 Å². The van der Waals surface area contributed by atoms with E-state index < -0.39 is 0 Å². The van der Waals surface area contributed by atoms with Crippen molar-refractivity contribution < 1.29 is 0 Å². The molecule has 5 heteroatoms. The molecule has 0 spiro atoms. The van der Waals surface area contributed by atoms with E-state index in [0.717, 1.165) is 22.9 Å². The number of hydrogen-bond acceptors (Lipinski definition) is 3. The quantitative estimate of drug-likeness (QED) is 0.610. The number of nitrogens with zero attached hydrogens (tertiary/aromatic N) is 2. The van der Waals surface area contributed by atoms with Gasteiger partial charge in [0.1, 0.15) is 0 Å². The van der Waals surface area contributed by atoms with Crippen molar-refractivity contribution >= 4 is 17.3 Å². The number of aliphatic imine (C=N–C) groups is 1. The van der Waals surface area contributed by atoms with Crippen molar-refractivity contribution in [3.8, 4) is 0 Å². The van der Waals surface area contributed by atoms with E-state index in [1.54, 1.807) is 11.3 Å². The summed E-state index contributed by atoms with van der Waals surface area (Å²) in [5, 5.41) is 4.17. The minimum absolute atomic E-state index is 0.520. The van der Waals surface area contributed by atoms with Gasteiger partial charge >= 0.3 is 0 Å². The van der Waals surface area contributed by atoms with E-state index in [0.29, 0.717) is 18.4 Å². The molecule has 0 radical (unpaired) electrons. The van der Waals surface area contributed by atoms with Crippen molar-refractivity contribution in [1.82, 2.24) is 10.3 Å². The molecule has 0 amide bonds. The highest BCUT2D eigenvalue weighted by molar-refractivity contribution is 7.11. The van der Waals surface area contributed by atoms with Crippen LogP contribution in [0.15, 0.2) is 11.2 Å². The molecule has 90 valence electrons. The largest absolute Gasteiger partial charge is 0.370 e. The maximum Gasteiger partial charge on any atom is 0.188 e. The first-order chi connectivity index (χ1) is 7.58. The summed E-state index contributed by atoms with van der Waals surface area (Å²) in [7, 11) is 0. The number of thiazole rings is 1. The number of aryl methyl sites for hydroxylation is 1. The van der Waals surface area contributed by atoms with Gasteiger partial charge in [0, 0.05) is 17.6 Å². The second-order valence-electron chi connectivity index (χ2n) is 4.16. The summed E-state index contributed by atoms with van der Waals surface area (Å²) in [6.45, 7) is 7.87. The molecule has 0 saturated heterocycles. The van der Waals surface area contributed by atoms with E-state index in [4.69, 9.17) is 5.73 Å². The van der Waals surface area contributed by atoms with E-state index in [9.17, 15) is 0 Å². The lowest BCUT2D eigenvalue weighted by atomic mass is 10.1. The molecular formula is C11H20N4S. The minimum Gasteiger partial charge on any atom is -0.370 e. The van der Waals surface area contributed by atoms with Crippen LogP contribution in [0.5, 0.6) is 0 Å². The van der Waals surface area contributed by atoms with Gasteiger partial charge in [0.15, 0.2) is 5.96 Å². The summed E-state index contributed by atoms with van der Waals surface area (Å²) in [4.78, 5) is 9.57. The molecule has 1 aromatic rings. The highest BCUT2D eigenvalue weighted by Crippen LogP contribution is 2.11. The van der Waals surface area contributed by atoms with Crippen LogP contribution in [0, 0.1) is 12.8 Å². The van der Waals surface area contributed by atoms with Gasteiger partial charge < -0.3 is 11.1 Å². The maximum absolute atomic E-state index is 5.74. The van der Waals surface area contributed by atoms with Crippen LogP contribution in [-0.2, 0) is 6.54 Å². The summed E-state index contributed by atoms with van der Waals surface area (Å²) in [5.74, 6) is 1.20. The molecule has 0 aromatic carbocycles. The van der Waals surface area contributed by atoms with Crippen molar-refractivity contribution in [2.24, 2.45) is 16.6 Å². The molecule has 0 saturated carbocycles. The zero-order valence-corrected chi connectivity index (χ0v) is 11.0. The summed E-state index contributed by atoms with van der Waals surface area (Å²) in [5.41, 5.74) is 5.74. The van der Waals surface area contributed by atoms with E-state index in [-0.39, 0.29) is 0 Å². The second kappa shape index (κ2) is 6.48. The van der Waals surface area contributed by atoms with Crippen molar-refractivity contribution in [1.29, 1.82) is 0 Å². The van der Waals surface area contributed by atoms with Crippen molar-refractivity contribution in [2.45, 2.75) is 33.7 Å². The van der Waals surface area contributed by atoms with Gasteiger partial charge in [-0.3, -0.25) is 0 Å². The topological polar surface area (TPSA) is 63.3 Å². The summed E-state index contributed by atoms with van der Waals surface area (Å²) in [6.07, 6.45) is 2.96. The first-order valence-corrected chi connectivity index (χ1v) is 6.34. The summed E-state index contributed by atoms with van der Waals surface area (Å²) >= 11 is 1.66. The average Bonchev–Trinajstić information content (AvgIpc) is 2.61. The fourth-order valence-electron chi connectivity index (χ4n) is 1.19. The van der Waals surface area contributed by atoms with Crippen LogP contribution in [-0.4, -0.2) is 17.5 Å². The van der Waals surface area contributed by atoms with Gasteiger partial charge in [-0.2, -0.15) is 0 Å². The molecule has 0 fully saturated rings. The number of guanidine groups is 1. The Morgan fingerprint density at radius 1 is 1.62 bits per heavy atom. The van der Waals surface area contributed by atoms with Crippen LogP contribution in [0.3, 0.4) is 0 Å². The first-order valence-electron chi connectivity index (χ1n) is 5.53. The zero-order chi connectivity index (χ0) is 12.0. The molecule has 0 aliphatic carbocycles. The smallest absolute Gasteiger partial charge is 0.188 e. The molecule has 0 aliphatic rings. The van der Waals surface area contributed by atoms with Gasteiger partial charge in [-0.25, -0.2) is 9.98 Å². The monoisotopic (exact) mass is 240 g/mol. The number of nitrogens with one attached hydrogen (secondary N) is 1. The third-order valence-corrected chi connectivity index (χ3v) is 3.00. The van der Waals surface area contributed by atoms with Gasteiger partial charge in [-0.05, 0) is 19.3 Å². The summed E-state index contributed by atoms with van der Waals surface area (Å²) in [6, 6.07) is 0. The highest BCUT2D eigenvalue weighted by atomic mass is 32.1. The maximum atomic E-state index is 5.74. The third kappa shape index (κ3) is 5.11. The Morgan fingerprint density at radius 3 is 2.94 bits per heavy atom. The Hall–Kier alpha value is -1.10. The molecular weight excluding hydrogens is 220 g/mol. The fourth-order valence-corrected chi connectivity index (χ4v) is 1.91. The lowest BCUT2D eigenvalue weighted by Gasteiger charge is -2.06. The van der Waals surface area contributed by atoms with Crippen LogP contribution in [0.1, 0.15) is 30.2 Å². The van der Waals surface area contributed by atoms with E-state index in [2.05, 4.69) is 29.1 Å². The van der Waals surface area contributed by atoms with Crippen LogP contribution in [0.25, 0.3) is 0 Å². The van der Waals surface area contributed by atoms with Crippen LogP contribution >= 0.6 is 11.3 Å². The third-order valence-electron chi connectivity index (χ3n) is 2.10. The van der Waals surface area contributed by atoms with Gasteiger partial charge in [0.05, 0.1) is 11.6 Å². The number of aromatic nitrogens is 1. The molecule has 0 aliphatic heterocycles. The molecule has 0 atom stereocenters. The SMILES string of the molecule is Cc1ncc(CN=C(N)NCCC(C)C)s1. The normalized spacial score (nSPS) is 12.1. The number of hydrogen-bond donors (Lipinski definition) is 2. The lowest BCUT2D eigenvalue weighted by Crippen LogP contribution is -2.32. The summed E-state index contributed by atoms with van der Waals surface area (Å²) < 4.78 is 0. The highest BCUT2D eigenvalue weighted by Gasteiger charge is 1.98. The van der Waals surface area contributed by atoms with Gasteiger partial charge in [0.25, 0.3) is 0 Å². The number of nitrogens with two attached hydrogens (primary N) is 1. The Balaban J connectivity index is 2.28. The van der Waals surface area contributed by atoms with Gasteiger partial charge in [-0.15, -0.1) is 11.3 Å². The van der Waals surface area contributed by atoms with E-state index in [1.165, 1.54) is 0 Å². The predicted molar refractivity (Wildman–Crippen MR) is 69.6 cm³/mol. The molecule has 1 heterocycles. The molecule has 0 unspecified atom stereocenters. The van der Waals surface area contributed by atoms with E-state index in [1.807, 2.05) is 13.1 Å². The average molecular weight is 240 g/mol. The van der Waals surface area contributed by atoms with Crippen molar-refractivity contribution in [2.75, 3.05) is 6.54 Å². The number of rotatable bonds is 5. The van der Waals surface area contributed by atoms with E-state index >= 15 is 0 Å². The first kappa shape index (κ1) is 13.0. The van der Waals surface area contributed by atoms with Crippen molar-refractivity contribution in [3.05, 3.63) is 16.1 Å². The van der Waals surface area contributed by atoms with Gasteiger partial charge in [-0.1, -0.05) is 13.8 Å². The Morgan fingerprint density at radius 2 is 2.38 bits per heavy atom. The Labute approximate surface area is 101 Å². The fraction of sp³-hybridized carbons (Fsp3) is 0.636. The molecule has 1 aromatic heterocycles. The predicted octanol–water partition coefficient (Wildman–Crippen LogP) is 1.90. The molecule has 16 heavy (non-hydrogen) atoms. The standard InChI is InChI=1S/C11H20N4S/c1-8(2)4-5-13-11(12)15-7-10-6-14-9(3)16-10/h6,8H,4-5,7H2,1-3H3,(H3,12,13,15). The molecule has 3 N–H and O–H groups in total. The Kier molecular flexibility index (Phi) is 5.25. The van der Waals surface area contributed by atoms with Gasteiger partial charge in [0.2, 0.25) is 0 Å². The van der Waals surface area contributed by atoms with Crippen LogP contribution in [0.4, 0.5) is 0 Å². The lowest BCUT2D eigenvalue weighted by molar-refractivity contribution is 0.576. The zero-order valence-electron chi connectivity index (χ0n) is 10.2. The second-order valence-corrected chi connectivity index (χ2v) is 5.48. The molecule has 0 bridgehead atoms. The minimum atomic E-state index is 0.520. The van der Waals surface area contributed by atoms with Crippen LogP contribution in [0.2, 0.25) is 0 Å². The Bertz CT molecular complexity index is 344. The molecule has 4 nitrogen and oxygen atoms in total. The molecule has 1 rings (SSSR count).